The Morgan fingerprint density at radius 1 is 0.923 bits per heavy atom. The standard InChI is InChI=1S/C19H25N7/c1-13(2)17-11-18(19-22-20-12-26(19)23-17)25-7-5-24(6-8-25)16-9-14(3)21-15(4)10-16/h9-13H,5-8H2,1-4H3. The Morgan fingerprint density at radius 3 is 2.23 bits per heavy atom. The SMILES string of the molecule is Cc1cc(N2CCN(c3cc(C(C)C)nn4cnnc34)CC2)cc(C)n1. The zero-order valence-corrected chi connectivity index (χ0v) is 15.8. The highest BCUT2D eigenvalue weighted by Gasteiger charge is 2.22. The molecule has 4 rings (SSSR count). The summed E-state index contributed by atoms with van der Waals surface area (Å²) < 4.78 is 1.80. The van der Waals surface area contributed by atoms with E-state index in [9.17, 15) is 0 Å². The summed E-state index contributed by atoms with van der Waals surface area (Å²) in [6.07, 6.45) is 1.68. The van der Waals surface area contributed by atoms with Crippen molar-refractivity contribution >= 4 is 17.0 Å². The second-order valence-electron chi connectivity index (χ2n) is 7.29. The third-order valence-corrected chi connectivity index (χ3v) is 4.91. The zero-order chi connectivity index (χ0) is 18.3. The van der Waals surface area contributed by atoms with Crippen molar-refractivity contribution in [2.75, 3.05) is 36.0 Å². The molecule has 0 atom stereocenters. The number of rotatable bonds is 3. The molecular formula is C19H25N7. The third-order valence-electron chi connectivity index (χ3n) is 4.91. The lowest BCUT2D eigenvalue weighted by atomic mass is 10.1. The molecule has 3 aromatic heterocycles. The molecule has 1 saturated heterocycles. The Labute approximate surface area is 153 Å². The van der Waals surface area contributed by atoms with Crippen LogP contribution in [0.25, 0.3) is 5.65 Å². The highest BCUT2D eigenvalue weighted by atomic mass is 15.4. The monoisotopic (exact) mass is 351 g/mol. The number of piperazine rings is 1. The Kier molecular flexibility index (Phi) is 4.22. The second kappa shape index (κ2) is 6.55. The molecule has 0 radical (unpaired) electrons. The van der Waals surface area contributed by atoms with E-state index in [1.165, 1.54) is 5.69 Å². The van der Waals surface area contributed by atoms with E-state index in [4.69, 9.17) is 0 Å². The smallest absolute Gasteiger partial charge is 0.200 e. The first-order valence-corrected chi connectivity index (χ1v) is 9.17. The topological polar surface area (TPSA) is 62.5 Å². The third kappa shape index (κ3) is 3.09. The number of hydrogen-bond donors (Lipinski definition) is 0. The molecule has 0 unspecified atom stereocenters. The largest absolute Gasteiger partial charge is 0.368 e. The van der Waals surface area contributed by atoms with Gasteiger partial charge in [0.25, 0.3) is 0 Å². The summed E-state index contributed by atoms with van der Waals surface area (Å²) in [6.45, 7) is 12.3. The van der Waals surface area contributed by atoms with Gasteiger partial charge in [-0.05, 0) is 38.0 Å². The summed E-state index contributed by atoms with van der Waals surface area (Å²) in [7, 11) is 0. The number of anilines is 2. The van der Waals surface area contributed by atoms with Crippen molar-refractivity contribution in [1.29, 1.82) is 0 Å². The first kappa shape index (κ1) is 16.8. The van der Waals surface area contributed by atoms with Gasteiger partial charge in [-0.1, -0.05) is 13.8 Å². The second-order valence-corrected chi connectivity index (χ2v) is 7.29. The minimum atomic E-state index is 0.365. The van der Waals surface area contributed by atoms with Crippen molar-refractivity contribution in [2.24, 2.45) is 0 Å². The molecule has 0 aliphatic carbocycles. The minimum Gasteiger partial charge on any atom is -0.368 e. The molecule has 0 bridgehead atoms. The van der Waals surface area contributed by atoms with Crippen LogP contribution in [0.1, 0.15) is 36.8 Å². The predicted octanol–water partition coefficient (Wildman–Crippen LogP) is 2.59. The van der Waals surface area contributed by atoms with Gasteiger partial charge in [-0.3, -0.25) is 4.98 Å². The Hall–Kier alpha value is -2.70. The molecule has 0 spiro atoms. The van der Waals surface area contributed by atoms with Crippen molar-refractivity contribution in [3.8, 4) is 0 Å². The average molecular weight is 351 g/mol. The van der Waals surface area contributed by atoms with E-state index in [1.807, 2.05) is 0 Å². The van der Waals surface area contributed by atoms with E-state index in [1.54, 1.807) is 10.8 Å². The van der Waals surface area contributed by atoms with Gasteiger partial charge < -0.3 is 9.80 Å². The van der Waals surface area contributed by atoms with Crippen LogP contribution in [0.4, 0.5) is 11.4 Å². The molecule has 26 heavy (non-hydrogen) atoms. The summed E-state index contributed by atoms with van der Waals surface area (Å²) >= 11 is 0. The van der Waals surface area contributed by atoms with Crippen LogP contribution in [-0.4, -0.2) is 51.0 Å². The zero-order valence-electron chi connectivity index (χ0n) is 15.8. The summed E-state index contributed by atoms with van der Waals surface area (Å²) in [5, 5.41) is 12.9. The van der Waals surface area contributed by atoms with Crippen molar-refractivity contribution in [3.05, 3.63) is 41.6 Å². The van der Waals surface area contributed by atoms with Gasteiger partial charge in [-0.15, -0.1) is 10.2 Å². The maximum atomic E-state index is 4.62. The van der Waals surface area contributed by atoms with E-state index < -0.39 is 0 Å². The van der Waals surface area contributed by atoms with E-state index in [0.717, 1.165) is 54.6 Å². The fourth-order valence-electron chi connectivity index (χ4n) is 3.54. The average Bonchev–Trinajstić information content (AvgIpc) is 3.09. The quantitative estimate of drug-likeness (QED) is 0.723. The van der Waals surface area contributed by atoms with E-state index in [2.05, 4.69) is 76.0 Å². The van der Waals surface area contributed by atoms with Crippen molar-refractivity contribution in [1.82, 2.24) is 24.8 Å². The van der Waals surface area contributed by atoms with Crippen LogP contribution in [-0.2, 0) is 0 Å². The van der Waals surface area contributed by atoms with Gasteiger partial charge in [0.2, 0.25) is 5.65 Å². The number of fused-ring (bicyclic) bond motifs is 1. The summed E-state index contributed by atoms with van der Waals surface area (Å²) in [6, 6.07) is 6.51. The maximum absolute atomic E-state index is 4.62. The van der Waals surface area contributed by atoms with Crippen LogP contribution in [0.3, 0.4) is 0 Å². The molecule has 0 saturated carbocycles. The van der Waals surface area contributed by atoms with Crippen LogP contribution in [0.15, 0.2) is 24.5 Å². The van der Waals surface area contributed by atoms with Crippen molar-refractivity contribution in [2.45, 2.75) is 33.6 Å². The molecule has 1 aliphatic heterocycles. The molecule has 0 amide bonds. The lowest BCUT2D eigenvalue weighted by Crippen LogP contribution is -2.46. The number of aryl methyl sites for hydroxylation is 2. The van der Waals surface area contributed by atoms with Gasteiger partial charge in [0, 0.05) is 43.3 Å². The van der Waals surface area contributed by atoms with Crippen LogP contribution in [0.5, 0.6) is 0 Å². The fraction of sp³-hybridized carbons (Fsp3) is 0.474. The van der Waals surface area contributed by atoms with Crippen LogP contribution in [0.2, 0.25) is 0 Å². The Balaban J connectivity index is 1.58. The van der Waals surface area contributed by atoms with E-state index >= 15 is 0 Å². The van der Waals surface area contributed by atoms with E-state index in [0.29, 0.717) is 5.92 Å². The lowest BCUT2D eigenvalue weighted by Gasteiger charge is -2.37. The van der Waals surface area contributed by atoms with Gasteiger partial charge in [-0.25, -0.2) is 0 Å². The summed E-state index contributed by atoms with van der Waals surface area (Å²) in [4.78, 5) is 9.32. The van der Waals surface area contributed by atoms with Crippen LogP contribution in [0, 0.1) is 13.8 Å². The molecule has 136 valence electrons. The first-order valence-electron chi connectivity index (χ1n) is 9.17. The molecule has 4 heterocycles. The Morgan fingerprint density at radius 2 is 1.58 bits per heavy atom. The summed E-state index contributed by atoms with van der Waals surface area (Å²) in [5.41, 5.74) is 6.43. The molecule has 7 heteroatoms. The first-order chi connectivity index (χ1) is 12.5. The van der Waals surface area contributed by atoms with Gasteiger partial charge in [-0.2, -0.15) is 9.61 Å². The van der Waals surface area contributed by atoms with Crippen molar-refractivity contribution in [3.63, 3.8) is 0 Å². The number of pyridine rings is 1. The molecule has 3 aromatic rings. The molecule has 0 aromatic carbocycles. The normalized spacial score (nSPS) is 15.3. The van der Waals surface area contributed by atoms with Crippen LogP contribution >= 0.6 is 0 Å². The van der Waals surface area contributed by atoms with Gasteiger partial charge in [0.15, 0.2) is 0 Å². The predicted molar refractivity (Wildman–Crippen MR) is 103 cm³/mol. The molecule has 0 N–H and O–H groups in total. The number of hydrogen-bond acceptors (Lipinski definition) is 6. The highest BCUT2D eigenvalue weighted by molar-refractivity contribution is 5.69. The molecular weight excluding hydrogens is 326 g/mol. The van der Waals surface area contributed by atoms with Gasteiger partial charge in [0.05, 0.1) is 11.4 Å². The van der Waals surface area contributed by atoms with Gasteiger partial charge in [0.1, 0.15) is 6.33 Å². The Bertz CT molecular complexity index is 903. The van der Waals surface area contributed by atoms with Crippen LogP contribution < -0.4 is 9.80 Å². The molecule has 7 nitrogen and oxygen atoms in total. The summed E-state index contributed by atoms with van der Waals surface area (Å²) in [5.74, 6) is 0.365. The minimum absolute atomic E-state index is 0.365. The maximum Gasteiger partial charge on any atom is 0.200 e. The molecule has 1 aliphatic rings. The lowest BCUT2D eigenvalue weighted by molar-refractivity contribution is 0.649. The fourth-order valence-corrected chi connectivity index (χ4v) is 3.54. The van der Waals surface area contributed by atoms with Crippen molar-refractivity contribution < 1.29 is 0 Å². The van der Waals surface area contributed by atoms with E-state index in [-0.39, 0.29) is 0 Å². The number of aromatic nitrogens is 5. The molecule has 1 fully saturated rings. The van der Waals surface area contributed by atoms with Gasteiger partial charge >= 0.3 is 0 Å². The number of nitrogens with zero attached hydrogens (tertiary/aromatic N) is 7. The highest BCUT2D eigenvalue weighted by Crippen LogP contribution is 2.26.